The lowest BCUT2D eigenvalue weighted by atomic mass is 9.48. The highest BCUT2D eigenvalue weighted by atomic mass is 16.2. The number of nitrogens with one attached hydrogen (secondary N) is 1. The highest BCUT2D eigenvalue weighted by Gasteiger charge is 2.51. The molecule has 5 heteroatoms. The van der Waals surface area contributed by atoms with Crippen LogP contribution in [0, 0.1) is 31.6 Å². The average molecular weight is 506 g/mol. The van der Waals surface area contributed by atoms with E-state index < -0.39 is 0 Å². The molecule has 4 aliphatic carbocycles. The van der Waals surface area contributed by atoms with E-state index in [4.69, 9.17) is 0 Å². The van der Waals surface area contributed by atoms with E-state index in [0.29, 0.717) is 11.1 Å². The van der Waals surface area contributed by atoms with Gasteiger partial charge in [0.05, 0.1) is 6.54 Å². The Bertz CT molecular complexity index is 1410. The number of aromatic nitrogens is 1. The van der Waals surface area contributed by atoms with Gasteiger partial charge in [0, 0.05) is 17.1 Å². The van der Waals surface area contributed by atoms with Crippen LogP contribution >= 0.6 is 0 Å². The minimum atomic E-state index is -0.376. The summed E-state index contributed by atoms with van der Waals surface area (Å²) >= 11 is 0. The molecule has 194 valence electrons. The standard InChI is InChI=1S/C33H35N3O2/c1-21-12-27(16-30-31(37)35(32(38)34-30)20-23-6-4-3-5-7-23)22(2)36(21)29-10-8-28(9-11-29)33-17-24-13-25(18-33)15-26(14-24)19-33/h3-12,16,24-26H,13-15,17-20H2,1-2H3,(H,34,38)/b30-16+. The quantitative estimate of drug-likeness (QED) is 0.312. The molecular formula is C33H35N3O2. The number of aryl methyl sites for hydroxylation is 1. The second-order valence-electron chi connectivity index (χ2n) is 12.3. The highest BCUT2D eigenvalue weighted by Crippen LogP contribution is 2.60. The molecule has 3 amide bonds. The third-order valence-electron chi connectivity index (χ3n) is 9.69. The summed E-state index contributed by atoms with van der Waals surface area (Å²) < 4.78 is 2.25. The summed E-state index contributed by atoms with van der Waals surface area (Å²) in [4.78, 5) is 26.9. The first-order valence-corrected chi connectivity index (χ1v) is 14.1. The molecule has 4 bridgehead atoms. The zero-order valence-corrected chi connectivity index (χ0v) is 22.2. The molecule has 0 atom stereocenters. The Kier molecular flexibility index (Phi) is 5.40. The predicted molar refractivity (Wildman–Crippen MR) is 149 cm³/mol. The summed E-state index contributed by atoms with van der Waals surface area (Å²) in [5.41, 5.74) is 7.43. The van der Waals surface area contributed by atoms with E-state index in [9.17, 15) is 9.59 Å². The fourth-order valence-corrected chi connectivity index (χ4v) is 8.40. The van der Waals surface area contributed by atoms with Crippen LogP contribution in [0.3, 0.4) is 0 Å². The van der Waals surface area contributed by atoms with Crippen molar-refractivity contribution in [3.63, 3.8) is 0 Å². The lowest BCUT2D eigenvalue weighted by Crippen LogP contribution is -2.48. The average Bonchev–Trinajstić information content (AvgIpc) is 3.32. The van der Waals surface area contributed by atoms with Gasteiger partial charge in [0.2, 0.25) is 0 Å². The molecule has 5 nitrogen and oxygen atoms in total. The number of hydrogen-bond donors (Lipinski definition) is 1. The van der Waals surface area contributed by atoms with Crippen LogP contribution in [0.15, 0.2) is 66.4 Å². The molecule has 2 heterocycles. The van der Waals surface area contributed by atoms with E-state index in [2.05, 4.69) is 54.1 Å². The van der Waals surface area contributed by atoms with E-state index in [-0.39, 0.29) is 18.5 Å². The summed E-state index contributed by atoms with van der Waals surface area (Å²) in [5.74, 6) is 2.53. The smallest absolute Gasteiger partial charge is 0.318 e. The van der Waals surface area contributed by atoms with Crippen molar-refractivity contribution in [2.75, 3.05) is 0 Å². The van der Waals surface area contributed by atoms with Gasteiger partial charge in [-0.15, -0.1) is 0 Å². The summed E-state index contributed by atoms with van der Waals surface area (Å²) in [6.07, 6.45) is 10.3. The minimum Gasteiger partial charge on any atom is -0.318 e. The molecule has 1 aromatic heterocycles. The van der Waals surface area contributed by atoms with Gasteiger partial charge in [-0.3, -0.25) is 9.69 Å². The number of carbonyl (C=O) groups excluding carboxylic acids is 2. The van der Waals surface area contributed by atoms with Crippen molar-refractivity contribution >= 4 is 18.0 Å². The number of imide groups is 1. The topological polar surface area (TPSA) is 54.3 Å². The van der Waals surface area contributed by atoms with Gasteiger partial charge in [-0.25, -0.2) is 4.79 Å². The Morgan fingerprint density at radius 1 is 0.895 bits per heavy atom. The first-order chi connectivity index (χ1) is 18.4. The summed E-state index contributed by atoms with van der Waals surface area (Å²) in [6.45, 7) is 4.44. The number of hydrogen-bond acceptors (Lipinski definition) is 2. The molecular weight excluding hydrogens is 470 g/mol. The van der Waals surface area contributed by atoms with Gasteiger partial charge in [-0.05, 0) is 117 Å². The van der Waals surface area contributed by atoms with Crippen molar-refractivity contribution < 1.29 is 9.59 Å². The largest absolute Gasteiger partial charge is 0.329 e. The van der Waals surface area contributed by atoms with Gasteiger partial charge >= 0.3 is 6.03 Å². The molecule has 38 heavy (non-hydrogen) atoms. The Hall–Kier alpha value is -3.60. The van der Waals surface area contributed by atoms with Crippen molar-refractivity contribution in [1.29, 1.82) is 0 Å². The predicted octanol–water partition coefficient (Wildman–Crippen LogP) is 6.65. The fraction of sp³-hybridized carbons (Fsp3) is 0.394. The van der Waals surface area contributed by atoms with Gasteiger partial charge < -0.3 is 9.88 Å². The number of amides is 3. The molecule has 1 saturated heterocycles. The molecule has 3 aromatic rings. The van der Waals surface area contributed by atoms with Crippen molar-refractivity contribution in [2.24, 2.45) is 17.8 Å². The molecule has 0 spiro atoms. The number of urea groups is 1. The van der Waals surface area contributed by atoms with E-state index in [1.807, 2.05) is 36.4 Å². The number of benzene rings is 2. The third-order valence-corrected chi connectivity index (χ3v) is 9.69. The maximum atomic E-state index is 13.1. The van der Waals surface area contributed by atoms with Crippen LogP contribution in [0.25, 0.3) is 11.8 Å². The second kappa shape index (κ2) is 8.72. The van der Waals surface area contributed by atoms with Crippen LogP contribution in [0.1, 0.15) is 66.6 Å². The summed E-state index contributed by atoms with van der Waals surface area (Å²) in [6, 6.07) is 20.6. The molecule has 5 fully saturated rings. The zero-order chi connectivity index (χ0) is 26.0. The maximum absolute atomic E-state index is 13.1. The maximum Gasteiger partial charge on any atom is 0.329 e. The fourth-order valence-electron chi connectivity index (χ4n) is 8.40. The molecule has 4 saturated carbocycles. The molecule has 8 rings (SSSR count). The SMILES string of the molecule is Cc1cc(/C=C2/NC(=O)N(Cc3ccccc3)C2=O)c(C)n1-c1ccc(C23CC4CC(CC(C4)C2)C3)cc1. The lowest BCUT2D eigenvalue weighted by Gasteiger charge is -2.57. The van der Waals surface area contributed by atoms with Crippen LogP contribution in [0.4, 0.5) is 4.79 Å². The summed E-state index contributed by atoms with van der Waals surface area (Å²) in [7, 11) is 0. The number of carbonyl (C=O) groups is 2. The number of nitrogens with zero attached hydrogens (tertiary/aromatic N) is 2. The second-order valence-corrected chi connectivity index (χ2v) is 12.3. The Balaban J connectivity index is 1.14. The van der Waals surface area contributed by atoms with E-state index in [1.54, 1.807) is 0 Å². The van der Waals surface area contributed by atoms with Crippen LogP contribution in [0.2, 0.25) is 0 Å². The van der Waals surface area contributed by atoms with E-state index in [0.717, 1.165) is 46.0 Å². The van der Waals surface area contributed by atoms with Crippen molar-refractivity contribution in [1.82, 2.24) is 14.8 Å². The van der Waals surface area contributed by atoms with Crippen LogP contribution in [-0.2, 0) is 16.8 Å². The van der Waals surface area contributed by atoms with E-state index >= 15 is 0 Å². The zero-order valence-electron chi connectivity index (χ0n) is 22.2. The molecule has 5 aliphatic rings. The van der Waals surface area contributed by atoms with Crippen LogP contribution in [0.5, 0.6) is 0 Å². The van der Waals surface area contributed by atoms with Gasteiger partial charge in [0.25, 0.3) is 5.91 Å². The monoisotopic (exact) mass is 505 g/mol. The van der Waals surface area contributed by atoms with Gasteiger partial charge in [0.15, 0.2) is 0 Å². The molecule has 0 unspecified atom stereocenters. The Morgan fingerprint density at radius 2 is 1.53 bits per heavy atom. The first kappa shape index (κ1) is 23.5. The summed E-state index contributed by atoms with van der Waals surface area (Å²) in [5, 5.41) is 2.78. The van der Waals surface area contributed by atoms with Gasteiger partial charge in [0.1, 0.15) is 5.70 Å². The lowest BCUT2D eigenvalue weighted by molar-refractivity contribution is -0.123. The van der Waals surface area contributed by atoms with Crippen molar-refractivity contribution in [2.45, 2.75) is 64.3 Å². The Morgan fingerprint density at radius 3 is 2.16 bits per heavy atom. The Labute approximate surface area is 224 Å². The van der Waals surface area contributed by atoms with Crippen LogP contribution in [-0.4, -0.2) is 21.4 Å². The normalized spacial score (nSPS) is 28.9. The van der Waals surface area contributed by atoms with Crippen molar-refractivity contribution in [3.8, 4) is 5.69 Å². The van der Waals surface area contributed by atoms with Gasteiger partial charge in [-0.2, -0.15) is 0 Å². The first-order valence-electron chi connectivity index (χ1n) is 14.1. The minimum absolute atomic E-state index is 0.262. The molecule has 2 aromatic carbocycles. The van der Waals surface area contributed by atoms with Crippen LogP contribution < -0.4 is 5.32 Å². The molecule has 1 aliphatic heterocycles. The van der Waals surface area contributed by atoms with E-state index in [1.165, 1.54) is 49.0 Å². The third kappa shape index (κ3) is 3.82. The number of rotatable bonds is 5. The van der Waals surface area contributed by atoms with Gasteiger partial charge in [-0.1, -0.05) is 42.5 Å². The highest BCUT2D eigenvalue weighted by molar-refractivity contribution is 6.14. The van der Waals surface area contributed by atoms with Crippen molar-refractivity contribution in [3.05, 3.63) is 94.4 Å². The molecule has 0 radical (unpaired) electrons. The molecule has 1 N–H and O–H groups in total.